The third-order valence-corrected chi connectivity index (χ3v) is 4.73. The Kier molecular flexibility index (Phi) is 4.29. The lowest BCUT2D eigenvalue weighted by molar-refractivity contribution is 0.102. The van der Waals surface area contributed by atoms with Gasteiger partial charge in [0.05, 0.1) is 6.20 Å². The minimum atomic E-state index is -0.254. The number of aromatic nitrogens is 5. The number of imidazole rings is 1. The van der Waals surface area contributed by atoms with E-state index >= 15 is 0 Å². The Labute approximate surface area is 171 Å². The van der Waals surface area contributed by atoms with Crippen LogP contribution in [0.4, 0.5) is 5.69 Å². The van der Waals surface area contributed by atoms with Crippen LogP contribution in [0.1, 0.15) is 16.1 Å². The van der Waals surface area contributed by atoms with Crippen molar-refractivity contribution >= 4 is 17.2 Å². The highest BCUT2D eigenvalue weighted by Crippen LogP contribution is 2.26. The molecule has 1 aromatic carbocycles. The highest BCUT2D eigenvalue weighted by Gasteiger charge is 2.16. The summed E-state index contributed by atoms with van der Waals surface area (Å²) >= 11 is 0. The van der Waals surface area contributed by atoms with Gasteiger partial charge >= 0.3 is 0 Å². The van der Waals surface area contributed by atoms with Crippen LogP contribution in [-0.2, 0) is 0 Å². The number of benzene rings is 1. The average Bonchev–Trinajstić information content (AvgIpc) is 3.43. The average molecular weight is 396 g/mol. The molecular weight excluding hydrogens is 380 g/mol. The van der Waals surface area contributed by atoms with Crippen LogP contribution >= 0.6 is 0 Å². The van der Waals surface area contributed by atoms with Crippen molar-refractivity contribution in [3.05, 3.63) is 84.6 Å². The molecule has 0 atom stereocenters. The number of aryl methyl sites for hydroxylation is 1. The molecule has 0 aliphatic heterocycles. The first-order valence-corrected chi connectivity index (χ1v) is 9.27. The molecule has 0 saturated carbocycles. The predicted molar refractivity (Wildman–Crippen MR) is 111 cm³/mol. The van der Waals surface area contributed by atoms with E-state index in [-0.39, 0.29) is 5.91 Å². The molecule has 1 amide bonds. The maximum atomic E-state index is 12.8. The van der Waals surface area contributed by atoms with E-state index < -0.39 is 0 Å². The number of hydrogen-bond donors (Lipinski definition) is 1. The largest absolute Gasteiger partial charge is 0.334 e. The lowest BCUT2D eigenvalue weighted by Crippen LogP contribution is -2.15. The maximum Gasteiger partial charge on any atom is 0.274 e. The van der Waals surface area contributed by atoms with Crippen LogP contribution in [0.25, 0.3) is 28.5 Å². The maximum absolute atomic E-state index is 12.8. The van der Waals surface area contributed by atoms with Crippen molar-refractivity contribution in [3.8, 4) is 22.8 Å². The third kappa shape index (κ3) is 3.20. The van der Waals surface area contributed by atoms with Gasteiger partial charge in [0.1, 0.15) is 11.3 Å². The molecule has 146 valence electrons. The number of hydrogen-bond acceptors (Lipinski definition) is 6. The second kappa shape index (κ2) is 7.25. The monoisotopic (exact) mass is 396 g/mol. The normalized spacial score (nSPS) is 11.0. The van der Waals surface area contributed by atoms with E-state index in [2.05, 4.69) is 25.4 Å². The number of pyridine rings is 2. The van der Waals surface area contributed by atoms with Crippen LogP contribution in [0.2, 0.25) is 0 Å². The number of carbonyl (C=O) groups excluding carboxylic acids is 1. The minimum absolute atomic E-state index is 0.254. The molecule has 8 heteroatoms. The molecule has 4 heterocycles. The first-order chi connectivity index (χ1) is 14.7. The van der Waals surface area contributed by atoms with E-state index in [4.69, 9.17) is 4.52 Å². The Balaban J connectivity index is 1.44. The molecule has 0 fully saturated rings. The molecule has 4 aromatic heterocycles. The third-order valence-electron chi connectivity index (χ3n) is 4.73. The smallest absolute Gasteiger partial charge is 0.274 e. The van der Waals surface area contributed by atoms with Crippen molar-refractivity contribution in [2.24, 2.45) is 0 Å². The van der Waals surface area contributed by atoms with Gasteiger partial charge in [0.25, 0.3) is 11.8 Å². The second-order valence-corrected chi connectivity index (χ2v) is 6.72. The van der Waals surface area contributed by atoms with Gasteiger partial charge in [0.15, 0.2) is 0 Å². The summed E-state index contributed by atoms with van der Waals surface area (Å²) in [5.74, 6) is 0.560. The second-order valence-electron chi connectivity index (χ2n) is 6.72. The van der Waals surface area contributed by atoms with Gasteiger partial charge in [-0.25, -0.2) is 4.98 Å². The van der Waals surface area contributed by atoms with Gasteiger partial charge in [-0.2, -0.15) is 4.98 Å². The molecule has 0 radical (unpaired) electrons. The summed E-state index contributed by atoms with van der Waals surface area (Å²) < 4.78 is 7.16. The fourth-order valence-corrected chi connectivity index (χ4v) is 3.13. The highest BCUT2D eigenvalue weighted by molar-refractivity contribution is 6.04. The Bertz CT molecular complexity index is 1360. The van der Waals surface area contributed by atoms with Gasteiger partial charge in [-0.15, -0.1) is 0 Å². The lowest BCUT2D eigenvalue weighted by atomic mass is 10.1. The SMILES string of the molecule is Cc1ccc(-c2nc(-c3cccnc3)no2)cc1NC(=O)c1cnc2ccccn12. The van der Waals surface area contributed by atoms with Crippen LogP contribution in [0.5, 0.6) is 0 Å². The fourth-order valence-electron chi connectivity index (χ4n) is 3.13. The number of fused-ring (bicyclic) bond motifs is 1. The van der Waals surface area contributed by atoms with Crippen LogP contribution in [0.15, 0.2) is 77.8 Å². The number of anilines is 1. The van der Waals surface area contributed by atoms with Gasteiger partial charge in [0.2, 0.25) is 5.82 Å². The van der Waals surface area contributed by atoms with Crippen molar-refractivity contribution in [1.29, 1.82) is 0 Å². The number of rotatable bonds is 4. The summed E-state index contributed by atoms with van der Waals surface area (Å²) in [5, 5.41) is 6.98. The minimum Gasteiger partial charge on any atom is -0.334 e. The van der Waals surface area contributed by atoms with E-state index in [0.29, 0.717) is 34.3 Å². The zero-order valence-electron chi connectivity index (χ0n) is 16.0. The molecule has 5 rings (SSSR count). The molecule has 0 spiro atoms. The summed E-state index contributed by atoms with van der Waals surface area (Å²) in [5.41, 5.74) is 4.20. The van der Waals surface area contributed by atoms with Crippen LogP contribution in [0.3, 0.4) is 0 Å². The summed E-state index contributed by atoms with van der Waals surface area (Å²) in [4.78, 5) is 25.6. The summed E-state index contributed by atoms with van der Waals surface area (Å²) in [6.07, 6.45) is 6.72. The summed E-state index contributed by atoms with van der Waals surface area (Å²) in [6, 6.07) is 14.8. The quantitative estimate of drug-likeness (QED) is 0.493. The number of carbonyl (C=O) groups is 1. The van der Waals surface area contributed by atoms with Crippen molar-refractivity contribution < 1.29 is 9.32 Å². The van der Waals surface area contributed by atoms with E-state index in [1.807, 2.05) is 55.5 Å². The van der Waals surface area contributed by atoms with Crippen molar-refractivity contribution in [3.63, 3.8) is 0 Å². The molecule has 30 heavy (non-hydrogen) atoms. The Morgan fingerprint density at radius 2 is 2.00 bits per heavy atom. The first-order valence-electron chi connectivity index (χ1n) is 9.27. The Morgan fingerprint density at radius 1 is 1.07 bits per heavy atom. The topological polar surface area (TPSA) is 98.2 Å². The van der Waals surface area contributed by atoms with Crippen molar-refractivity contribution in [1.82, 2.24) is 24.5 Å². The standard InChI is InChI=1S/C22H16N6O2/c1-14-7-8-15(22-26-20(27-30-22)16-5-4-9-23-12-16)11-17(14)25-21(29)18-13-24-19-6-2-3-10-28(18)19/h2-13H,1H3,(H,25,29). The van der Waals surface area contributed by atoms with E-state index in [1.54, 1.807) is 29.2 Å². The first kappa shape index (κ1) is 17.7. The van der Waals surface area contributed by atoms with E-state index in [0.717, 1.165) is 11.1 Å². The van der Waals surface area contributed by atoms with Crippen LogP contribution in [0, 0.1) is 6.92 Å². The number of nitrogens with zero attached hydrogens (tertiary/aromatic N) is 5. The van der Waals surface area contributed by atoms with Gasteiger partial charge in [0, 0.05) is 35.4 Å². The van der Waals surface area contributed by atoms with E-state index in [9.17, 15) is 4.79 Å². The molecule has 0 saturated heterocycles. The molecule has 0 bridgehead atoms. The summed E-state index contributed by atoms with van der Waals surface area (Å²) in [7, 11) is 0. The molecular formula is C22H16N6O2. The Hall–Kier alpha value is -4.33. The van der Waals surface area contributed by atoms with Gasteiger partial charge in [-0.3, -0.25) is 14.2 Å². The van der Waals surface area contributed by atoms with Crippen molar-refractivity contribution in [2.45, 2.75) is 6.92 Å². The van der Waals surface area contributed by atoms with Crippen molar-refractivity contribution in [2.75, 3.05) is 5.32 Å². The lowest BCUT2D eigenvalue weighted by Gasteiger charge is -2.09. The molecule has 0 aliphatic carbocycles. The van der Waals surface area contributed by atoms with Gasteiger partial charge < -0.3 is 9.84 Å². The zero-order valence-corrected chi connectivity index (χ0v) is 16.0. The molecule has 5 aromatic rings. The molecule has 0 unspecified atom stereocenters. The Morgan fingerprint density at radius 3 is 2.87 bits per heavy atom. The molecule has 8 nitrogen and oxygen atoms in total. The fraction of sp³-hybridized carbons (Fsp3) is 0.0455. The summed E-state index contributed by atoms with van der Waals surface area (Å²) in [6.45, 7) is 1.92. The zero-order chi connectivity index (χ0) is 20.5. The predicted octanol–water partition coefficient (Wildman–Crippen LogP) is 4.01. The molecule has 1 N–H and O–H groups in total. The molecule has 0 aliphatic rings. The van der Waals surface area contributed by atoms with Crippen LogP contribution in [-0.4, -0.2) is 30.4 Å². The number of amides is 1. The van der Waals surface area contributed by atoms with Gasteiger partial charge in [-0.1, -0.05) is 17.3 Å². The number of nitrogens with one attached hydrogen (secondary N) is 1. The van der Waals surface area contributed by atoms with Crippen LogP contribution < -0.4 is 5.32 Å². The van der Waals surface area contributed by atoms with E-state index in [1.165, 1.54) is 0 Å². The van der Waals surface area contributed by atoms with Gasteiger partial charge in [-0.05, 0) is 48.9 Å². The highest BCUT2D eigenvalue weighted by atomic mass is 16.5.